The predicted octanol–water partition coefficient (Wildman–Crippen LogP) is 2.45. The lowest BCUT2D eigenvalue weighted by Crippen LogP contribution is -2.31. The van der Waals surface area contributed by atoms with E-state index < -0.39 is 0 Å². The van der Waals surface area contributed by atoms with Gasteiger partial charge < -0.3 is 5.32 Å². The molecule has 0 radical (unpaired) electrons. The first kappa shape index (κ1) is 12.6. The van der Waals surface area contributed by atoms with Gasteiger partial charge in [-0.2, -0.15) is 4.37 Å². The number of aromatic nitrogens is 2. The molecule has 0 aliphatic rings. The van der Waals surface area contributed by atoms with Crippen molar-refractivity contribution in [2.45, 2.75) is 46.1 Å². The lowest BCUT2D eigenvalue weighted by Gasteiger charge is -2.24. The highest BCUT2D eigenvalue weighted by Gasteiger charge is 2.25. The first-order valence-corrected chi connectivity index (χ1v) is 6.37. The molecule has 0 aromatic carbocycles. The molecule has 2 unspecified atom stereocenters. The molecule has 1 N–H and O–H groups in total. The standard InChI is InChI=1S/C11H21N3S/c1-6-9-13-11(15-14-9)10(7(2)3)8(4)12-5/h7-8,10,12H,6H2,1-5H3. The van der Waals surface area contributed by atoms with Crippen LogP contribution in [0.1, 0.15) is 44.4 Å². The van der Waals surface area contributed by atoms with Crippen molar-refractivity contribution in [3.05, 3.63) is 10.8 Å². The van der Waals surface area contributed by atoms with E-state index in [0.717, 1.165) is 12.2 Å². The maximum absolute atomic E-state index is 4.59. The maximum Gasteiger partial charge on any atom is 0.142 e. The van der Waals surface area contributed by atoms with Crippen LogP contribution >= 0.6 is 11.5 Å². The quantitative estimate of drug-likeness (QED) is 0.839. The summed E-state index contributed by atoms with van der Waals surface area (Å²) in [5.41, 5.74) is 0. The Balaban J connectivity index is 2.88. The van der Waals surface area contributed by atoms with Crippen LogP contribution in [0.2, 0.25) is 0 Å². The summed E-state index contributed by atoms with van der Waals surface area (Å²) in [4.78, 5) is 4.59. The highest BCUT2D eigenvalue weighted by molar-refractivity contribution is 7.05. The Morgan fingerprint density at radius 1 is 1.33 bits per heavy atom. The molecule has 0 spiro atoms. The molecular formula is C11H21N3S. The fraction of sp³-hybridized carbons (Fsp3) is 0.818. The molecule has 4 heteroatoms. The Kier molecular flexibility index (Phi) is 4.67. The van der Waals surface area contributed by atoms with Crippen LogP contribution in [0.15, 0.2) is 0 Å². The smallest absolute Gasteiger partial charge is 0.142 e. The molecule has 1 aromatic rings. The molecule has 0 aliphatic heterocycles. The van der Waals surface area contributed by atoms with Crippen molar-refractivity contribution in [1.29, 1.82) is 0 Å². The molecule has 0 aliphatic carbocycles. The second-order valence-corrected chi connectivity index (χ2v) is 5.03. The molecular weight excluding hydrogens is 206 g/mol. The van der Waals surface area contributed by atoms with Gasteiger partial charge in [0.1, 0.15) is 10.8 Å². The zero-order valence-corrected chi connectivity index (χ0v) is 11.1. The molecule has 86 valence electrons. The van der Waals surface area contributed by atoms with E-state index in [1.807, 2.05) is 7.05 Å². The number of hydrogen-bond donors (Lipinski definition) is 1. The minimum atomic E-state index is 0.447. The summed E-state index contributed by atoms with van der Waals surface area (Å²) < 4.78 is 4.36. The van der Waals surface area contributed by atoms with Crippen LogP contribution in [0.3, 0.4) is 0 Å². The molecule has 0 saturated carbocycles. The van der Waals surface area contributed by atoms with Crippen LogP contribution in [0, 0.1) is 5.92 Å². The van der Waals surface area contributed by atoms with Crippen molar-refractivity contribution >= 4 is 11.5 Å². The largest absolute Gasteiger partial charge is 0.317 e. The van der Waals surface area contributed by atoms with Crippen molar-refractivity contribution in [3.8, 4) is 0 Å². The molecule has 1 rings (SSSR count). The zero-order valence-electron chi connectivity index (χ0n) is 10.2. The number of nitrogens with zero attached hydrogens (tertiary/aromatic N) is 2. The molecule has 2 atom stereocenters. The summed E-state index contributed by atoms with van der Waals surface area (Å²) in [6.07, 6.45) is 0.926. The zero-order chi connectivity index (χ0) is 11.4. The number of hydrogen-bond acceptors (Lipinski definition) is 4. The van der Waals surface area contributed by atoms with Crippen LogP contribution in [0.4, 0.5) is 0 Å². The number of likely N-dealkylation sites (N-methyl/N-ethyl adjacent to an activating group) is 1. The Bertz CT molecular complexity index is 296. The van der Waals surface area contributed by atoms with Gasteiger partial charge in [0.25, 0.3) is 0 Å². The molecule has 3 nitrogen and oxygen atoms in total. The fourth-order valence-electron chi connectivity index (χ4n) is 1.80. The molecule has 15 heavy (non-hydrogen) atoms. The topological polar surface area (TPSA) is 37.8 Å². The van der Waals surface area contributed by atoms with Gasteiger partial charge in [0.2, 0.25) is 0 Å². The van der Waals surface area contributed by atoms with Crippen molar-refractivity contribution in [2.75, 3.05) is 7.05 Å². The van der Waals surface area contributed by atoms with Gasteiger partial charge in [-0.3, -0.25) is 0 Å². The van der Waals surface area contributed by atoms with E-state index in [-0.39, 0.29) is 0 Å². The average molecular weight is 227 g/mol. The summed E-state index contributed by atoms with van der Waals surface area (Å²) in [6.45, 7) is 8.78. The normalized spacial score (nSPS) is 15.6. The lowest BCUT2D eigenvalue weighted by molar-refractivity contribution is 0.394. The van der Waals surface area contributed by atoms with E-state index in [9.17, 15) is 0 Å². The lowest BCUT2D eigenvalue weighted by atomic mass is 9.90. The van der Waals surface area contributed by atoms with E-state index in [1.54, 1.807) is 11.5 Å². The second kappa shape index (κ2) is 5.56. The molecule has 0 bridgehead atoms. The Morgan fingerprint density at radius 2 is 2.00 bits per heavy atom. The molecule has 0 amide bonds. The van der Waals surface area contributed by atoms with E-state index in [2.05, 4.69) is 42.4 Å². The highest BCUT2D eigenvalue weighted by Crippen LogP contribution is 2.29. The van der Waals surface area contributed by atoms with E-state index in [0.29, 0.717) is 17.9 Å². The van der Waals surface area contributed by atoms with Gasteiger partial charge >= 0.3 is 0 Å². The van der Waals surface area contributed by atoms with E-state index in [4.69, 9.17) is 0 Å². The van der Waals surface area contributed by atoms with Crippen LogP contribution in [-0.2, 0) is 6.42 Å². The van der Waals surface area contributed by atoms with Crippen molar-refractivity contribution in [2.24, 2.45) is 5.92 Å². The van der Waals surface area contributed by atoms with Gasteiger partial charge in [-0.1, -0.05) is 20.8 Å². The summed E-state index contributed by atoms with van der Waals surface area (Å²) in [5.74, 6) is 2.03. The minimum Gasteiger partial charge on any atom is -0.317 e. The molecule has 0 saturated heterocycles. The Hall–Kier alpha value is -0.480. The van der Waals surface area contributed by atoms with Gasteiger partial charge in [0, 0.05) is 18.4 Å². The van der Waals surface area contributed by atoms with Gasteiger partial charge in [-0.25, -0.2) is 4.98 Å². The molecule has 1 heterocycles. The van der Waals surface area contributed by atoms with Crippen molar-refractivity contribution in [3.63, 3.8) is 0 Å². The summed E-state index contributed by atoms with van der Waals surface area (Å²) in [6, 6.07) is 0.447. The van der Waals surface area contributed by atoms with E-state index in [1.165, 1.54) is 5.01 Å². The van der Waals surface area contributed by atoms with E-state index >= 15 is 0 Å². The van der Waals surface area contributed by atoms with Crippen LogP contribution in [0.25, 0.3) is 0 Å². The summed E-state index contributed by atoms with van der Waals surface area (Å²) >= 11 is 1.55. The van der Waals surface area contributed by atoms with Gasteiger partial charge in [0.05, 0.1) is 0 Å². The van der Waals surface area contributed by atoms with Crippen LogP contribution in [-0.4, -0.2) is 22.4 Å². The Morgan fingerprint density at radius 3 is 2.40 bits per heavy atom. The predicted molar refractivity (Wildman–Crippen MR) is 65.4 cm³/mol. The van der Waals surface area contributed by atoms with Crippen LogP contribution in [0.5, 0.6) is 0 Å². The monoisotopic (exact) mass is 227 g/mol. The highest BCUT2D eigenvalue weighted by atomic mass is 32.1. The number of nitrogens with one attached hydrogen (secondary N) is 1. The minimum absolute atomic E-state index is 0.447. The second-order valence-electron chi connectivity index (χ2n) is 4.25. The molecule has 1 aromatic heterocycles. The number of aryl methyl sites for hydroxylation is 1. The SMILES string of the molecule is CCc1nsc(C(C(C)C)C(C)NC)n1. The third kappa shape index (κ3) is 2.98. The van der Waals surface area contributed by atoms with Gasteiger partial charge in [-0.15, -0.1) is 0 Å². The van der Waals surface area contributed by atoms with Crippen molar-refractivity contribution in [1.82, 2.24) is 14.7 Å². The Labute approximate surface area is 96.5 Å². The van der Waals surface area contributed by atoms with Crippen LogP contribution < -0.4 is 5.32 Å². The first-order chi connectivity index (χ1) is 7.10. The maximum atomic E-state index is 4.59. The average Bonchev–Trinajstić information content (AvgIpc) is 2.65. The third-order valence-electron chi connectivity index (χ3n) is 2.80. The van der Waals surface area contributed by atoms with Gasteiger partial charge in [-0.05, 0) is 31.4 Å². The first-order valence-electron chi connectivity index (χ1n) is 5.59. The van der Waals surface area contributed by atoms with Crippen molar-refractivity contribution < 1.29 is 0 Å². The summed E-state index contributed by atoms with van der Waals surface area (Å²) in [7, 11) is 2.00. The third-order valence-corrected chi connectivity index (χ3v) is 3.65. The molecule has 0 fully saturated rings. The summed E-state index contributed by atoms with van der Waals surface area (Å²) in [5, 5.41) is 4.48. The number of rotatable bonds is 5. The van der Waals surface area contributed by atoms with Gasteiger partial charge in [0.15, 0.2) is 0 Å². The fourth-order valence-corrected chi connectivity index (χ4v) is 2.92.